The van der Waals surface area contributed by atoms with E-state index in [9.17, 15) is 13.2 Å². The average molecular weight is 603 g/mol. The summed E-state index contributed by atoms with van der Waals surface area (Å²) in [4.78, 5) is 22.6. The number of rotatable bonds is 6. The van der Waals surface area contributed by atoms with Gasteiger partial charge in [0.05, 0.1) is 22.1 Å². The van der Waals surface area contributed by atoms with E-state index in [0.29, 0.717) is 16.8 Å². The van der Waals surface area contributed by atoms with Crippen molar-refractivity contribution in [1.82, 2.24) is 24.6 Å². The zero-order valence-electron chi connectivity index (χ0n) is 23.2. The van der Waals surface area contributed by atoms with Crippen LogP contribution in [0.5, 0.6) is 0 Å². The first-order chi connectivity index (χ1) is 19.9. The molecule has 1 aliphatic heterocycles. The number of carbonyl (C=O) groups is 1. The average Bonchev–Trinajstić information content (AvgIpc) is 3.29. The summed E-state index contributed by atoms with van der Waals surface area (Å²) in [6.07, 6.45) is -3.36. The minimum absolute atomic E-state index is 0.483. The molecule has 10 nitrogen and oxygen atoms in total. The Morgan fingerprint density at radius 3 is 2.26 bits per heavy atom. The first-order valence-electron chi connectivity index (χ1n) is 12.9. The molecule has 42 heavy (non-hydrogen) atoms. The number of likely N-dealkylation sites (N-methyl/N-ethyl adjacent to an activating group) is 1. The molecule has 0 saturated carbocycles. The van der Waals surface area contributed by atoms with Gasteiger partial charge in [0.2, 0.25) is 5.95 Å². The number of aromatic nitrogens is 4. The Morgan fingerprint density at radius 2 is 1.64 bits per heavy atom. The zero-order valence-corrected chi connectivity index (χ0v) is 23.9. The van der Waals surface area contributed by atoms with E-state index in [4.69, 9.17) is 21.5 Å². The van der Waals surface area contributed by atoms with Gasteiger partial charge in [-0.2, -0.15) is 23.3 Å². The smallest absolute Gasteiger partial charge is 0.475 e. The van der Waals surface area contributed by atoms with Crippen LogP contribution in [-0.2, 0) is 4.79 Å². The quantitative estimate of drug-likeness (QED) is 0.252. The van der Waals surface area contributed by atoms with Crippen molar-refractivity contribution in [2.45, 2.75) is 20.0 Å². The molecule has 222 valence electrons. The molecule has 4 aromatic rings. The van der Waals surface area contributed by atoms with Gasteiger partial charge < -0.3 is 25.5 Å². The molecule has 1 saturated heterocycles. The lowest BCUT2D eigenvalue weighted by Crippen LogP contribution is -2.44. The maximum Gasteiger partial charge on any atom is 0.490 e. The van der Waals surface area contributed by atoms with Crippen LogP contribution >= 0.6 is 11.6 Å². The Kier molecular flexibility index (Phi) is 9.53. The van der Waals surface area contributed by atoms with Crippen molar-refractivity contribution >= 4 is 46.5 Å². The molecule has 0 spiro atoms. The highest BCUT2D eigenvalue weighted by molar-refractivity contribution is 6.33. The highest BCUT2D eigenvalue weighted by Crippen LogP contribution is 2.30. The fourth-order valence-corrected chi connectivity index (χ4v) is 4.41. The first kappa shape index (κ1) is 30.6. The number of carboxylic acids is 1. The summed E-state index contributed by atoms with van der Waals surface area (Å²) >= 11 is 6.63. The molecule has 1 aliphatic rings. The minimum Gasteiger partial charge on any atom is -0.475 e. The van der Waals surface area contributed by atoms with Crippen LogP contribution in [0.4, 0.5) is 42.1 Å². The van der Waals surface area contributed by atoms with E-state index >= 15 is 0 Å². The number of piperazine rings is 1. The molecule has 0 bridgehead atoms. The maximum absolute atomic E-state index is 10.6. The molecule has 1 fully saturated rings. The van der Waals surface area contributed by atoms with Gasteiger partial charge in [-0.25, -0.2) is 14.5 Å². The van der Waals surface area contributed by atoms with E-state index in [1.54, 1.807) is 6.20 Å². The number of alkyl halides is 3. The Balaban J connectivity index is 0.000000517. The minimum atomic E-state index is -5.08. The molecule has 2 aromatic heterocycles. The molecule has 14 heteroatoms. The number of anilines is 5. The van der Waals surface area contributed by atoms with E-state index in [1.807, 2.05) is 35.9 Å². The van der Waals surface area contributed by atoms with Gasteiger partial charge in [-0.15, -0.1) is 0 Å². The molecule has 0 amide bonds. The van der Waals surface area contributed by atoms with Crippen LogP contribution in [0.2, 0.25) is 5.02 Å². The summed E-state index contributed by atoms with van der Waals surface area (Å²) in [7, 11) is 2.15. The molecular weight excluding hydrogens is 573 g/mol. The summed E-state index contributed by atoms with van der Waals surface area (Å²) in [5.41, 5.74) is 4.99. The van der Waals surface area contributed by atoms with Crippen LogP contribution < -0.4 is 15.5 Å². The van der Waals surface area contributed by atoms with Crippen molar-refractivity contribution in [2.75, 3.05) is 48.8 Å². The third kappa shape index (κ3) is 8.10. The number of nitrogens with zero attached hydrogens (tertiary/aromatic N) is 6. The van der Waals surface area contributed by atoms with E-state index in [2.05, 4.69) is 79.8 Å². The molecular formula is C28H30ClF3N8O2. The Morgan fingerprint density at radius 1 is 0.976 bits per heavy atom. The van der Waals surface area contributed by atoms with E-state index in [0.717, 1.165) is 54.8 Å². The van der Waals surface area contributed by atoms with Crippen molar-refractivity contribution in [3.05, 3.63) is 77.1 Å². The molecule has 0 aliphatic carbocycles. The number of benzene rings is 2. The van der Waals surface area contributed by atoms with Crippen LogP contribution in [0.15, 0.2) is 60.8 Å². The number of aliphatic carboxylic acids is 1. The number of halogens is 4. The molecule has 0 atom stereocenters. The van der Waals surface area contributed by atoms with Gasteiger partial charge >= 0.3 is 12.1 Å². The van der Waals surface area contributed by atoms with Gasteiger partial charge in [0, 0.05) is 44.1 Å². The summed E-state index contributed by atoms with van der Waals surface area (Å²) < 4.78 is 33.6. The molecule has 0 radical (unpaired) electrons. The molecule has 3 heterocycles. The number of aryl methyl sites for hydroxylation is 2. The molecule has 0 unspecified atom stereocenters. The molecule has 2 aromatic carbocycles. The van der Waals surface area contributed by atoms with Crippen LogP contribution in [0.1, 0.15) is 11.3 Å². The Bertz CT molecular complexity index is 1520. The monoisotopic (exact) mass is 602 g/mol. The number of carboxylic acid groups (broad SMARTS) is 1. The topological polar surface area (TPSA) is 111 Å². The second-order valence-electron chi connectivity index (χ2n) is 9.69. The van der Waals surface area contributed by atoms with Gasteiger partial charge in [0.25, 0.3) is 0 Å². The molecule has 5 rings (SSSR count). The van der Waals surface area contributed by atoms with E-state index < -0.39 is 12.1 Å². The number of nitrogens with one attached hydrogen (secondary N) is 2. The summed E-state index contributed by atoms with van der Waals surface area (Å²) in [6.45, 7) is 8.05. The SMILES string of the molecule is Cc1ccc(-n2nc(C)cc2Nc2ccnc(Nc3ccc(N4CCN(C)CC4)c(Cl)c3)n2)cc1.O=C(O)C(F)(F)F. The lowest BCUT2D eigenvalue weighted by atomic mass is 10.2. The van der Waals surface area contributed by atoms with Crippen molar-refractivity contribution < 1.29 is 23.1 Å². The van der Waals surface area contributed by atoms with Gasteiger partial charge in [0.1, 0.15) is 11.6 Å². The van der Waals surface area contributed by atoms with Gasteiger partial charge in [-0.3, -0.25) is 0 Å². The number of hydrogen-bond donors (Lipinski definition) is 3. The predicted octanol–water partition coefficient (Wildman–Crippen LogP) is 5.80. The van der Waals surface area contributed by atoms with E-state index in [1.165, 1.54) is 5.56 Å². The predicted molar refractivity (Wildman–Crippen MR) is 156 cm³/mol. The molecule has 3 N–H and O–H groups in total. The Hall–Kier alpha value is -4.36. The van der Waals surface area contributed by atoms with Gasteiger partial charge in [-0.1, -0.05) is 29.3 Å². The largest absolute Gasteiger partial charge is 0.490 e. The second kappa shape index (κ2) is 13.1. The fourth-order valence-electron chi connectivity index (χ4n) is 4.11. The zero-order chi connectivity index (χ0) is 30.4. The highest BCUT2D eigenvalue weighted by atomic mass is 35.5. The van der Waals surface area contributed by atoms with E-state index in [-0.39, 0.29) is 0 Å². The summed E-state index contributed by atoms with van der Waals surface area (Å²) in [5, 5.41) is 19.1. The van der Waals surface area contributed by atoms with Crippen LogP contribution in [-0.4, -0.2) is 75.1 Å². The van der Waals surface area contributed by atoms with Crippen molar-refractivity contribution in [1.29, 1.82) is 0 Å². The highest BCUT2D eigenvalue weighted by Gasteiger charge is 2.38. The third-order valence-electron chi connectivity index (χ3n) is 6.31. The lowest BCUT2D eigenvalue weighted by Gasteiger charge is -2.34. The fraction of sp³-hybridized carbons (Fsp3) is 0.286. The number of hydrogen-bond acceptors (Lipinski definition) is 8. The van der Waals surface area contributed by atoms with Crippen LogP contribution in [0, 0.1) is 13.8 Å². The van der Waals surface area contributed by atoms with Crippen LogP contribution in [0.3, 0.4) is 0 Å². The van der Waals surface area contributed by atoms with Crippen molar-refractivity contribution in [3.8, 4) is 5.69 Å². The lowest BCUT2D eigenvalue weighted by molar-refractivity contribution is -0.192. The normalized spacial score (nSPS) is 13.7. The Labute approximate surface area is 245 Å². The second-order valence-corrected chi connectivity index (χ2v) is 10.1. The summed E-state index contributed by atoms with van der Waals surface area (Å²) in [5.74, 6) is -0.782. The first-order valence-corrected chi connectivity index (χ1v) is 13.3. The summed E-state index contributed by atoms with van der Waals surface area (Å²) in [6, 6.07) is 18.1. The van der Waals surface area contributed by atoms with Crippen LogP contribution in [0.25, 0.3) is 5.69 Å². The standard InChI is InChI=1S/C26H29ClN8.C2HF3O2/c1-18-4-7-21(8-5-18)35-25(16-19(2)32-35)30-24-10-11-28-26(31-24)29-20-6-9-23(22(27)17-20)34-14-12-33(3)13-15-34;3-2(4,5)1(6)7/h4-11,16-17H,12-15H2,1-3H3,(H2,28,29,30,31);(H,6,7). The van der Waals surface area contributed by atoms with Gasteiger partial charge in [-0.05, 0) is 57.3 Å². The van der Waals surface area contributed by atoms with Crippen molar-refractivity contribution in [2.24, 2.45) is 0 Å². The maximum atomic E-state index is 10.6. The third-order valence-corrected chi connectivity index (χ3v) is 6.61. The van der Waals surface area contributed by atoms with Crippen molar-refractivity contribution in [3.63, 3.8) is 0 Å². The van der Waals surface area contributed by atoms with Gasteiger partial charge in [0.15, 0.2) is 0 Å².